The second-order valence-electron chi connectivity index (χ2n) is 11.0. The molecule has 2 atom stereocenters. The van der Waals surface area contributed by atoms with Crippen LogP contribution >= 0.6 is 11.6 Å². The van der Waals surface area contributed by atoms with Crippen molar-refractivity contribution in [2.24, 2.45) is 0 Å². The van der Waals surface area contributed by atoms with E-state index in [0.29, 0.717) is 57.7 Å². The van der Waals surface area contributed by atoms with Gasteiger partial charge in [0.1, 0.15) is 11.6 Å². The quantitative estimate of drug-likeness (QED) is 0.274. The minimum absolute atomic E-state index is 0.0406. The lowest BCUT2D eigenvalue weighted by atomic mass is 10.0. The fourth-order valence-corrected chi connectivity index (χ4v) is 5.94. The van der Waals surface area contributed by atoms with Crippen LogP contribution in [-0.4, -0.2) is 62.6 Å². The number of ether oxygens (including phenoxy) is 1. The lowest BCUT2D eigenvalue weighted by Crippen LogP contribution is -2.58. The SMILES string of the molecule is C=CC(=O)N1CC(C)N(c2nc(=O)n(-c3c(C)ccnc3C(C)C)c3nc(-c4ccccc4OC)c(Cl)cc23)CC1C. The summed E-state index contributed by atoms with van der Waals surface area (Å²) in [7, 11) is 1.60. The molecule has 9 nitrogen and oxygen atoms in total. The summed E-state index contributed by atoms with van der Waals surface area (Å²) in [5.41, 5.74) is 3.43. The number of nitrogens with zero attached hydrogens (tertiary/aromatic N) is 6. The average Bonchev–Trinajstić information content (AvgIpc) is 2.97. The van der Waals surface area contributed by atoms with Gasteiger partial charge in [0.25, 0.3) is 0 Å². The zero-order valence-electron chi connectivity index (χ0n) is 24.8. The molecule has 3 aromatic heterocycles. The van der Waals surface area contributed by atoms with Crippen LogP contribution in [0.5, 0.6) is 5.75 Å². The number of halogens is 1. The third kappa shape index (κ3) is 5.02. The number of piperazine rings is 1. The lowest BCUT2D eigenvalue weighted by Gasteiger charge is -2.44. The monoisotopic (exact) mass is 586 g/mol. The van der Waals surface area contributed by atoms with Gasteiger partial charge in [-0.05, 0) is 62.6 Å². The fourth-order valence-electron chi connectivity index (χ4n) is 5.69. The number of aromatic nitrogens is 4. The minimum atomic E-state index is -0.472. The van der Waals surface area contributed by atoms with E-state index in [4.69, 9.17) is 21.3 Å². The number of carbonyl (C=O) groups is 1. The van der Waals surface area contributed by atoms with Gasteiger partial charge in [0.2, 0.25) is 5.91 Å². The molecule has 218 valence electrons. The molecule has 2 unspecified atom stereocenters. The smallest absolute Gasteiger partial charge is 0.355 e. The van der Waals surface area contributed by atoms with Gasteiger partial charge in [0.05, 0.1) is 34.6 Å². The number of pyridine rings is 2. The van der Waals surface area contributed by atoms with Gasteiger partial charge in [-0.3, -0.25) is 9.78 Å². The van der Waals surface area contributed by atoms with E-state index >= 15 is 0 Å². The van der Waals surface area contributed by atoms with E-state index in [1.807, 2.05) is 71.0 Å². The van der Waals surface area contributed by atoms with Gasteiger partial charge >= 0.3 is 5.69 Å². The first-order valence-electron chi connectivity index (χ1n) is 14.0. The second kappa shape index (κ2) is 11.6. The first kappa shape index (κ1) is 29.3. The molecule has 1 saturated heterocycles. The average molecular weight is 587 g/mol. The Morgan fingerprint density at radius 1 is 1.14 bits per heavy atom. The summed E-state index contributed by atoms with van der Waals surface area (Å²) in [6.45, 7) is 14.6. The van der Waals surface area contributed by atoms with Gasteiger partial charge < -0.3 is 14.5 Å². The Morgan fingerprint density at radius 2 is 1.88 bits per heavy atom. The molecule has 1 aromatic carbocycles. The van der Waals surface area contributed by atoms with E-state index in [2.05, 4.69) is 21.4 Å². The number of hydrogen-bond donors (Lipinski definition) is 0. The fraction of sp³-hybridized carbons (Fsp3) is 0.344. The summed E-state index contributed by atoms with van der Waals surface area (Å²) in [6.07, 6.45) is 3.08. The molecule has 0 radical (unpaired) electrons. The highest BCUT2D eigenvalue weighted by Crippen LogP contribution is 2.38. The summed E-state index contributed by atoms with van der Waals surface area (Å²) in [4.78, 5) is 44.8. The molecule has 0 N–H and O–H groups in total. The van der Waals surface area contributed by atoms with E-state index in [1.54, 1.807) is 22.8 Å². The predicted molar refractivity (Wildman–Crippen MR) is 167 cm³/mol. The maximum absolute atomic E-state index is 14.1. The third-order valence-electron chi connectivity index (χ3n) is 7.80. The van der Waals surface area contributed by atoms with E-state index in [-0.39, 0.29) is 23.9 Å². The maximum atomic E-state index is 14.1. The summed E-state index contributed by atoms with van der Waals surface area (Å²) < 4.78 is 7.17. The molecule has 1 aliphatic rings. The van der Waals surface area contributed by atoms with E-state index in [9.17, 15) is 9.59 Å². The Bertz CT molecular complexity index is 1750. The normalized spacial score (nSPS) is 17.1. The Labute approximate surface area is 250 Å². The third-order valence-corrected chi connectivity index (χ3v) is 8.09. The number of fused-ring (bicyclic) bond motifs is 1. The number of benzene rings is 1. The molecule has 0 aliphatic carbocycles. The topological polar surface area (TPSA) is 93.5 Å². The van der Waals surface area contributed by atoms with Crippen molar-refractivity contribution in [1.82, 2.24) is 24.4 Å². The molecule has 4 heterocycles. The van der Waals surface area contributed by atoms with Crippen LogP contribution in [0.2, 0.25) is 5.02 Å². The first-order chi connectivity index (χ1) is 20.1. The Hall–Kier alpha value is -4.24. The highest BCUT2D eigenvalue weighted by molar-refractivity contribution is 6.34. The van der Waals surface area contributed by atoms with Gasteiger partial charge in [-0.15, -0.1) is 0 Å². The number of hydrogen-bond acceptors (Lipinski definition) is 7. The molecule has 10 heteroatoms. The maximum Gasteiger partial charge on any atom is 0.355 e. The Morgan fingerprint density at radius 3 is 2.57 bits per heavy atom. The lowest BCUT2D eigenvalue weighted by molar-refractivity contribution is -0.128. The van der Waals surface area contributed by atoms with E-state index in [1.165, 1.54) is 6.08 Å². The predicted octanol–water partition coefficient (Wildman–Crippen LogP) is 5.55. The highest BCUT2D eigenvalue weighted by Gasteiger charge is 2.34. The number of methoxy groups -OCH3 is 1. The van der Waals surface area contributed by atoms with Gasteiger partial charge in [-0.1, -0.05) is 44.2 Å². The number of amides is 1. The standard InChI is InChI=1S/C32H35ClN6O3/c1-8-26(40)37-16-21(6)38(17-20(37)5)30-23-15-24(33)28(22-11-9-10-12-25(22)42-7)35-31(23)39(32(41)36-30)29-19(4)13-14-34-27(29)18(2)3/h8-15,18,20-21H,1,16-17H2,2-7H3. The molecule has 0 saturated carbocycles. The Kier molecular flexibility index (Phi) is 8.06. The van der Waals surface area contributed by atoms with Crippen molar-refractivity contribution in [2.45, 2.75) is 52.6 Å². The van der Waals surface area contributed by atoms with Crippen LogP contribution < -0.4 is 15.3 Å². The van der Waals surface area contributed by atoms with Crippen LogP contribution in [0.25, 0.3) is 28.0 Å². The van der Waals surface area contributed by atoms with Crippen LogP contribution in [0, 0.1) is 6.92 Å². The number of para-hydroxylation sites is 1. The number of aryl methyl sites for hydroxylation is 1. The molecule has 42 heavy (non-hydrogen) atoms. The van der Waals surface area contributed by atoms with Crippen molar-refractivity contribution in [3.05, 3.63) is 82.0 Å². The first-order valence-corrected chi connectivity index (χ1v) is 14.4. The highest BCUT2D eigenvalue weighted by atomic mass is 35.5. The summed E-state index contributed by atoms with van der Waals surface area (Å²) >= 11 is 6.95. The van der Waals surface area contributed by atoms with Gasteiger partial charge in [-0.2, -0.15) is 4.98 Å². The molecule has 1 fully saturated rings. The number of carbonyl (C=O) groups excluding carboxylic acids is 1. The molecular weight excluding hydrogens is 552 g/mol. The molecule has 0 bridgehead atoms. The van der Waals surface area contributed by atoms with Crippen molar-refractivity contribution < 1.29 is 9.53 Å². The van der Waals surface area contributed by atoms with Crippen molar-refractivity contribution in [3.8, 4) is 22.7 Å². The van der Waals surface area contributed by atoms with Crippen LogP contribution in [0.15, 0.2) is 60.0 Å². The summed E-state index contributed by atoms with van der Waals surface area (Å²) in [5, 5.41) is 1.02. The zero-order valence-corrected chi connectivity index (χ0v) is 25.5. The molecule has 1 aliphatic heterocycles. The summed E-state index contributed by atoms with van der Waals surface area (Å²) in [5.74, 6) is 1.01. The van der Waals surface area contributed by atoms with Crippen molar-refractivity contribution in [1.29, 1.82) is 0 Å². The molecule has 5 rings (SSSR count). The minimum Gasteiger partial charge on any atom is -0.496 e. The largest absolute Gasteiger partial charge is 0.496 e. The number of anilines is 1. The van der Waals surface area contributed by atoms with Gasteiger partial charge in [0.15, 0.2) is 5.65 Å². The van der Waals surface area contributed by atoms with E-state index < -0.39 is 5.69 Å². The van der Waals surface area contributed by atoms with Gasteiger partial charge in [0, 0.05) is 36.9 Å². The van der Waals surface area contributed by atoms with Crippen LogP contribution in [0.4, 0.5) is 5.82 Å². The van der Waals surface area contributed by atoms with Crippen molar-refractivity contribution in [3.63, 3.8) is 0 Å². The van der Waals surface area contributed by atoms with Crippen molar-refractivity contribution in [2.75, 3.05) is 25.1 Å². The molecular formula is C32H35ClN6O3. The Balaban J connectivity index is 1.83. The van der Waals surface area contributed by atoms with Crippen LogP contribution in [-0.2, 0) is 4.79 Å². The number of rotatable bonds is 6. The van der Waals surface area contributed by atoms with Crippen LogP contribution in [0.1, 0.15) is 44.9 Å². The molecule has 0 spiro atoms. The van der Waals surface area contributed by atoms with Crippen molar-refractivity contribution >= 4 is 34.4 Å². The summed E-state index contributed by atoms with van der Waals surface area (Å²) in [6, 6.07) is 10.9. The van der Waals surface area contributed by atoms with E-state index in [0.717, 1.165) is 11.3 Å². The zero-order chi connectivity index (χ0) is 30.3. The molecule has 1 amide bonds. The van der Waals surface area contributed by atoms with Crippen LogP contribution in [0.3, 0.4) is 0 Å². The second-order valence-corrected chi connectivity index (χ2v) is 11.4. The van der Waals surface area contributed by atoms with Gasteiger partial charge in [-0.25, -0.2) is 14.3 Å². The molecule has 4 aromatic rings.